The van der Waals surface area contributed by atoms with Gasteiger partial charge in [-0.3, -0.25) is 0 Å². The van der Waals surface area contributed by atoms with Crippen molar-refractivity contribution in [2.24, 2.45) is 0 Å². The maximum Gasteiger partial charge on any atom is 0.429 e. The minimum Gasteiger partial charge on any atom is -0.459 e. The Bertz CT molecular complexity index is 529. The summed E-state index contributed by atoms with van der Waals surface area (Å²) >= 11 is 0. The number of carbonyl (C=O) groups excluding carboxylic acids is 1. The molecule has 1 fully saturated rings. The van der Waals surface area contributed by atoms with E-state index in [0.29, 0.717) is 13.8 Å². The molecule has 0 atom stereocenters. The van der Waals surface area contributed by atoms with Crippen LogP contribution in [0.15, 0.2) is 12.2 Å². The van der Waals surface area contributed by atoms with Crippen molar-refractivity contribution in [3.05, 3.63) is 12.2 Å². The molecule has 0 aliphatic heterocycles. The van der Waals surface area contributed by atoms with Gasteiger partial charge in [0.1, 0.15) is 11.7 Å². The van der Waals surface area contributed by atoms with E-state index in [4.69, 9.17) is 9.47 Å². The minimum absolute atomic E-state index is 0.110. The third kappa shape index (κ3) is 3.94. The van der Waals surface area contributed by atoms with Crippen molar-refractivity contribution >= 4 is 5.97 Å². The van der Waals surface area contributed by atoms with Gasteiger partial charge < -0.3 is 14.6 Å². The average Bonchev–Trinajstić information content (AvgIpc) is 2.31. The lowest BCUT2D eigenvalue weighted by atomic mass is 9.76. The van der Waals surface area contributed by atoms with Gasteiger partial charge in [-0.05, 0) is 27.7 Å². The third-order valence-corrected chi connectivity index (χ3v) is 4.13. The average molecular weight is 378 g/mol. The summed E-state index contributed by atoms with van der Waals surface area (Å²) in [6.07, 6.45) is -12.9. The molecule has 10 heteroatoms. The molecular weight excluding hydrogens is 358 g/mol. The molecule has 146 valence electrons. The summed E-state index contributed by atoms with van der Waals surface area (Å²) in [7, 11) is 0. The van der Waals surface area contributed by atoms with E-state index < -0.39 is 41.2 Å². The van der Waals surface area contributed by atoms with Gasteiger partial charge in [-0.1, -0.05) is 6.58 Å². The molecule has 1 N–H and O–H groups in total. The Morgan fingerprint density at radius 1 is 1.12 bits per heavy atom. The second-order valence-corrected chi connectivity index (χ2v) is 6.98. The van der Waals surface area contributed by atoms with Crippen LogP contribution in [-0.2, 0) is 14.3 Å². The summed E-state index contributed by atoms with van der Waals surface area (Å²) in [5.41, 5.74) is -9.40. The van der Waals surface area contributed by atoms with Crippen molar-refractivity contribution in [2.75, 3.05) is 0 Å². The van der Waals surface area contributed by atoms with E-state index >= 15 is 0 Å². The molecule has 0 bridgehead atoms. The van der Waals surface area contributed by atoms with Crippen LogP contribution in [0, 0.1) is 0 Å². The number of alkyl halides is 6. The standard InChI is InChI=1S/C15H20F6O4/c1-8(2)10(22)24-9-6-12(5,7-9)25-11(3,4)13(23,14(16,17)18)15(19,20)21/h9,23H,1,6-7H2,2-5H3. The van der Waals surface area contributed by atoms with Crippen LogP contribution in [0.1, 0.15) is 40.5 Å². The van der Waals surface area contributed by atoms with Crippen molar-refractivity contribution in [3.8, 4) is 0 Å². The Morgan fingerprint density at radius 3 is 1.84 bits per heavy atom. The van der Waals surface area contributed by atoms with Crippen LogP contribution in [0.4, 0.5) is 26.3 Å². The van der Waals surface area contributed by atoms with Crippen molar-refractivity contribution < 1.29 is 45.7 Å². The van der Waals surface area contributed by atoms with E-state index in [1.165, 1.54) is 13.8 Å². The summed E-state index contributed by atoms with van der Waals surface area (Å²) < 4.78 is 88.0. The van der Waals surface area contributed by atoms with Gasteiger partial charge >= 0.3 is 18.3 Å². The zero-order chi connectivity index (χ0) is 20.1. The summed E-state index contributed by atoms with van der Waals surface area (Å²) in [6.45, 7) is 7.08. The molecular formula is C15H20F6O4. The van der Waals surface area contributed by atoms with Crippen LogP contribution in [0.5, 0.6) is 0 Å². The lowest BCUT2D eigenvalue weighted by Gasteiger charge is -2.52. The first-order valence-corrected chi connectivity index (χ1v) is 7.29. The first-order valence-electron chi connectivity index (χ1n) is 7.29. The number of hydrogen-bond acceptors (Lipinski definition) is 4. The highest BCUT2D eigenvalue weighted by molar-refractivity contribution is 5.87. The lowest BCUT2D eigenvalue weighted by Crippen LogP contribution is -2.71. The second kappa shape index (κ2) is 6.15. The van der Waals surface area contributed by atoms with Gasteiger partial charge in [-0.2, -0.15) is 26.3 Å². The summed E-state index contributed by atoms with van der Waals surface area (Å²) in [5, 5.41) is 9.51. The highest BCUT2D eigenvalue weighted by Crippen LogP contribution is 2.53. The molecule has 25 heavy (non-hydrogen) atoms. The number of ether oxygens (including phenoxy) is 2. The van der Waals surface area contributed by atoms with Crippen LogP contribution < -0.4 is 0 Å². The van der Waals surface area contributed by atoms with Crippen molar-refractivity contribution in [1.29, 1.82) is 0 Å². The largest absolute Gasteiger partial charge is 0.459 e. The first-order chi connectivity index (χ1) is 10.9. The van der Waals surface area contributed by atoms with E-state index in [1.54, 1.807) is 0 Å². The Labute approximate surface area is 140 Å². The van der Waals surface area contributed by atoms with Gasteiger partial charge in [0.05, 0.1) is 5.60 Å². The van der Waals surface area contributed by atoms with E-state index in [2.05, 4.69) is 6.58 Å². The summed E-state index contributed by atoms with van der Waals surface area (Å²) in [5.74, 6) is -0.714. The normalized spacial score (nSPS) is 25.3. The molecule has 0 amide bonds. The predicted octanol–water partition coefficient (Wildman–Crippen LogP) is 3.68. The smallest absolute Gasteiger partial charge is 0.429 e. The third-order valence-electron chi connectivity index (χ3n) is 4.13. The molecule has 0 saturated heterocycles. The van der Waals surface area contributed by atoms with Gasteiger partial charge in [0.2, 0.25) is 0 Å². The van der Waals surface area contributed by atoms with E-state index in [1.807, 2.05) is 0 Å². The molecule has 0 aromatic carbocycles. The molecule has 0 aromatic rings. The number of aliphatic hydroxyl groups is 1. The van der Waals surface area contributed by atoms with Crippen molar-refractivity contribution in [1.82, 2.24) is 0 Å². The highest BCUT2D eigenvalue weighted by Gasteiger charge is 2.78. The molecule has 0 heterocycles. The molecule has 0 unspecified atom stereocenters. The maximum absolute atomic E-state index is 13.0. The van der Waals surface area contributed by atoms with E-state index in [-0.39, 0.29) is 18.4 Å². The SMILES string of the molecule is C=C(C)C(=O)OC1CC(C)(OC(C)(C)C(O)(C(F)(F)F)C(F)(F)F)C1. The first kappa shape index (κ1) is 21.8. The maximum atomic E-state index is 13.0. The van der Waals surface area contributed by atoms with Crippen LogP contribution in [0.2, 0.25) is 0 Å². The zero-order valence-electron chi connectivity index (χ0n) is 14.1. The van der Waals surface area contributed by atoms with Crippen molar-refractivity contribution in [2.45, 2.75) is 75.8 Å². The molecule has 1 aliphatic carbocycles. The fourth-order valence-corrected chi connectivity index (χ4v) is 2.86. The van der Waals surface area contributed by atoms with Gasteiger partial charge in [-0.25, -0.2) is 4.79 Å². The fourth-order valence-electron chi connectivity index (χ4n) is 2.86. The minimum atomic E-state index is -6.00. The Kier molecular flexibility index (Phi) is 5.35. The monoisotopic (exact) mass is 378 g/mol. The van der Waals surface area contributed by atoms with E-state index in [0.717, 1.165) is 0 Å². The van der Waals surface area contributed by atoms with Gasteiger partial charge in [0, 0.05) is 18.4 Å². The molecule has 1 rings (SSSR count). The topological polar surface area (TPSA) is 55.8 Å². The number of rotatable bonds is 5. The van der Waals surface area contributed by atoms with Crippen LogP contribution in [-0.4, -0.2) is 46.3 Å². The summed E-state index contributed by atoms with van der Waals surface area (Å²) in [6, 6.07) is 0. The van der Waals surface area contributed by atoms with Gasteiger partial charge in [-0.15, -0.1) is 0 Å². The molecule has 0 radical (unpaired) electrons. The molecule has 1 saturated carbocycles. The van der Waals surface area contributed by atoms with Crippen LogP contribution >= 0.6 is 0 Å². The fraction of sp³-hybridized carbons (Fsp3) is 0.800. The number of hydrogen-bond donors (Lipinski definition) is 1. The molecule has 1 aliphatic rings. The molecule has 0 spiro atoms. The predicted molar refractivity (Wildman–Crippen MR) is 74.6 cm³/mol. The van der Waals surface area contributed by atoms with Gasteiger partial charge in [0.15, 0.2) is 0 Å². The van der Waals surface area contributed by atoms with E-state index in [9.17, 15) is 36.2 Å². The highest BCUT2D eigenvalue weighted by atomic mass is 19.4. The number of carbonyl (C=O) groups is 1. The number of halogens is 6. The van der Waals surface area contributed by atoms with Gasteiger partial charge in [0.25, 0.3) is 5.60 Å². The Morgan fingerprint density at radius 2 is 1.52 bits per heavy atom. The number of esters is 1. The molecule has 4 nitrogen and oxygen atoms in total. The second-order valence-electron chi connectivity index (χ2n) is 6.98. The Hall–Kier alpha value is -1.29. The lowest BCUT2D eigenvalue weighted by molar-refractivity contribution is -0.424. The van der Waals surface area contributed by atoms with Crippen molar-refractivity contribution in [3.63, 3.8) is 0 Å². The summed E-state index contributed by atoms with van der Waals surface area (Å²) in [4.78, 5) is 11.4. The molecule has 0 aromatic heterocycles. The zero-order valence-corrected chi connectivity index (χ0v) is 14.1. The van der Waals surface area contributed by atoms with Crippen LogP contribution in [0.25, 0.3) is 0 Å². The Balaban J connectivity index is 2.94. The van der Waals surface area contributed by atoms with Crippen LogP contribution in [0.3, 0.4) is 0 Å². The quantitative estimate of drug-likeness (QED) is 0.451.